The van der Waals surface area contributed by atoms with Gasteiger partial charge in [0.05, 0.1) is 24.0 Å². The van der Waals surface area contributed by atoms with Crippen LogP contribution in [0.25, 0.3) is 5.69 Å². The Kier molecular flexibility index (Phi) is 5.53. The fourth-order valence-corrected chi connectivity index (χ4v) is 4.05. The van der Waals surface area contributed by atoms with E-state index in [0.717, 1.165) is 60.1 Å². The molecule has 6 heteroatoms. The Labute approximate surface area is 171 Å². The molecule has 0 spiro atoms. The van der Waals surface area contributed by atoms with Gasteiger partial charge in [-0.15, -0.1) is 0 Å². The Morgan fingerprint density at radius 1 is 1.14 bits per heavy atom. The third-order valence-corrected chi connectivity index (χ3v) is 5.46. The summed E-state index contributed by atoms with van der Waals surface area (Å²) in [5.74, 6) is 1.86. The van der Waals surface area contributed by atoms with Crippen molar-refractivity contribution in [3.8, 4) is 5.69 Å². The SMILES string of the molecule is Cc1cc(C)n(-c2ccc(NC(=O)[C@@H]3CCCCN3Cc3ccc(C)o3)cc2)n1. The lowest BCUT2D eigenvalue weighted by atomic mass is 10.0. The van der Waals surface area contributed by atoms with Crippen molar-refractivity contribution < 1.29 is 9.21 Å². The molecule has 1 saturated heterocycles. The van der Waals surface area contributed by atoms with Crippen LogP contribution in [0.5, 0.6) is 0 Å². The van der Waals surface area contributed by atoms with E-state index in [1.54, 1.807) is 0 Å². The van der Waals surface area contributed by atoms with Crippen LogP contribution in [0.15, 0.2) is 46.9 Å². The predicted molar refractivity (Wildman–Crippen MR) is 113 cm³/mol. The Hall–Kier alpha value is -2.86. The van der Waals surface area contributed by atoms with Gasteiger partial charge in [-0.3, -0.25) is 9.69 Å². The van der Waals surface area contributed by atoms with Gasteiger partial charge in [-0.1, -0.05) is 6.42 Å². The third kappa shape index (κ3) is 4.43. The van der Waals surface area contributed by atoms with Gasteiger partial charge < -0.3 is 9.73 Å². The van der Waals surface area contributed by atoms with Crippen LogP contribution in [0, 0.1) is 20.8 Å². The molecule has 3 heterocycles. The third-order valence-electron chi connectivity index (χ3n) is 5.46. The molecule has 1 aliphatic heterocycles. The minimum absolute atomic E-state index is 0.0480. The molecule has 1 aromatic carbocycles. The van der Waals surface area contributed by atoms with Crippen molar-refractivity contribution in [1.82, 2.24) is 14.7 Å². The molecule has 3 aromatic rings. The quantitative estimate of drug-likeness (QED) is 0.700. The highest BCUT2D eigenvalue weighted by Crippen LogP contribution is 2.23. The second kappa shape index (κ2) is 8.25. The molecule has 0 saturated carbocycles. The largest absolute Gasteiger partial charge is 0.465 e. The van der Waals surface area contributed by atoms with Gasteiger partial charge in [-0.05, 0) is 82.6 Å². The molecule has 29 heavy (non-hydrogen) atoms. The van der Waals surface area contributed by atoms with Crippen LogP contribution in [-0.2, 0) is 11.3 Å². The zero-order valence-electron chi connectivity index (χ0n) is 17.3. The number of furan rings is 1. The fraction of sp³-hybridized carbons (Fsp3) is 0.391. The van der Waals surface area contributed by atoms with E-state index in [-0.39, 0.29) is 11.9 Å². The Balaban J connectivity index is 1.43. The van der Waals surface area contributed by atoms with Crippen LogP contribution < -0.4 is 5.32 Å². The molecule has 6 nitrogen and oxygen atoms in total. The van der Waals surface area contributed by atoms with E-state index in [0.29, 0.717) is 6.54 Å². The summed E-state index contributed by atoms with van der Waals surface area (Å²) in [6.45, 7) is 7.54. The van der Waals surface area contributed by atoms with Crippen LogP contribution in [0.4, 0.5) is 5.69 Å². The molecule has 0 radical (unpaired) electrons. The molecule has 0 aliphatic carbocycles. The molecule has 4 rings (SSSR count). The predicted octanol–water partition coefficient (Wildman–Crippen LogP) is 4.38. The standard InChI is InChI=1S/C23H28N4O2/c1-16-14-17(2)27(25-16)20-10-8-19(9-11-20)24-23(28)22-6-4-5-13-26(22)15-21-12-7-18(3)29-21/h7-12,14,22H,4-6,13,15H2,1-3H3,(H,24,28)/t22-/m0/s1. The normalized spacial score (nSPS) is 17.4. The molecule has 0 bridgehead atoms. The number of carbonyl (C=O) groups excluding carboxylic acids is 1. The van der Waals surface area contributed by atoms with Gasteiger partial charge in [0.1, 0.15) is 11.5 Å². The number of nitrogens with one attached hydrogen (secondary N) is 1. The average Bonchev–Trinajstić information content (AvgIpc) is 3.27. The first-order chi connectivity index (χ1) is 14.0. The monoisotopic (exact) mass is 392 g/mol. The molecule has 152 valence electrons. The van der Waals surface area contributed by atoms with E-state index in [4.69, 9.17) is 4.42 Å². The van der Waals surface area contributed by atoms with E-state index in [1.807, 2.05) is 67.9 Å². The van der Waals surface area contributed by atoms with Crippen molar-refractivity contribution in [3.63, 3.8) is 0 Å². The number of rotatable bonds is 5. The van der Waals surface area contributed by atoms with Crippen LogP contribution in [0.1, 0.15) is 42.2 Å². The molecular formula is C23H28N4O2. The van der Waals surface area contributed by atoms with Gasteiger partial charge in [0.15, 0.2) is 0 Å². The maximum Gasteiger partial charge on any atom is 0.241 e. The number of hydrogen-bond acceptors (Lipinski definition) is 4. The Bertz CT molecular complexity index is 987. The van der Waals surface area contributed by atoms with Gasteiger partial charge in [0.25, 0.3) is 0 Å². The molecule has 0 unspecified atom stereocenters. The lowest BCUT2D eigenvalue weighted by molar-refractivity contribution is -0.122. The van der Waals surface area contributed by atoms with E-state index in [9.17, 15) is 4.79 Å². The number of carbonyl (C=O) groups is 1. The lowest BCUT2D eigenvalue weighted by Crippen LogP contribution is -2.46. The highest BCUT2D eigenvalue weighted by Gasteiger charge is 2.29. The first-order valence-corrected chi connectivity index (χ1v) is 10.2. The number of anilines is 1. The Morgan fingerprint density at radius 2 is 1.93 bits per heavy atom. The molecule has 2 aromatic heterocycles. The van der Waals surface area contributed by atoms with E-state index in [1.165, 1.54) is 0 Å². The van der Waals surface area contributed by atoms with Gasteiger partial charge in [-0.25, -0.2) is 4.68 Å². The summed E-state index contributed by atoms with van der Waals surface area (Å²) in [5.41, 5.74) is 3.87. The number of aromatic nitrogens is 2. The smallest absolute Gasteiger partial charge is 0.241 e. The summed E-state index contributed by atoms with van der Waals surface area (Å²) < 4.78 is 7.63. The van der Waals surface area contributed by atoms with E-state index < -0.39 is 0 Å². The van der Waals surface area contributed by atoms with Crippen molar-refractivity contribution in [2.24, 2.45) is 0 Å². The highest BCUT2D eigenvalue weighted by atomic mass is 16.3. The maximum atomic E-state index is 13.0. The van der Waals surface area contributed by atoms with Gasteiger partial charge in [-0.2, -0.15) is 5.10 Å². The minimum Gasteiger partial charge on any atom is -0.465 e. The fourth-order valence-electron chi connectivity index (χ4n) is 4.05. The number of likely N-dealkylation sites (tertiary alicyclic amines) is 1. The van der Waals surface area contributed by atoms with Crippen molar-refractivity contribution in [3.05, 3.63) is 65.4 Å². The van der Waals surface area contributed by atoms with Crippen molar-refractivity contribution in [2.45, 2.75) is 52.6 Å². The van der Waals surface area contributed by atoms with Crippen LogP contribution in [0.2, 0.25) is 0 Å². The number of benzene rings is 1. The molecule has 1 aliphatic rings. The number of hydrogen-bond donors (Lipinski definition) is 1. The number of nitrogens with zero attached hydrogens (tertiary/aromatic N) is 3. The first-order valence-electron chi connectivity index (χ1n) is 10.2. The van der Waals surface area contributed by atoms with Gasteiger partial charge >= 0.3 is 0 Å². The van der Waals surface area contributed by atoms with Crippen LogP contribution in [-0.4, -0.2) is 33.2 Å². The molecule has 1 N–H and O–H groups in total. The molecule has 1 amide bonds. The highest BCUT2D eigenvalue weighted by molar-refractivity contribution is 5.95. The topological polar surface area (TPSA) is 63.3 Å². The average molecular weight is 393 g/mol. The zero-order chi connectivity index (χ0) is 20.4. The second-order valence-corrected chi connectivity index (χ2v) is 7.87. The van der Waals surface area contributed by atoms with Crippen molar-refractivity contribution >= 4 is 11.6 Å². The number of aryl methyl sites for hydroxylation is 3. The first kappa shape index (κ1) is 19.5. The number of amides is 1. The molecule has 1 fully saturated rings. The van der Waals surface area contributed by atoms with Gasteiger partial charge in [0, 0.05) is 11.4 Å². The number of piperidine rings is 1. The Morgan fingerprint density at radius 3 is 2.59 bits per heavy atom. The summed E-state index contributed by atoms with van der Waals surface area (Å²) in [6.07, 6.45) is 3.05. The summed E-state index contributed by atoms with van der Waals surface area (Å²) in [4.78, 5) is 15.2. The summed E-state index contributed by atoms with van der Waals surface area (Å²) in [6, 6.07) is 13.7. The van der Waals surface area contributed by atoms with E-state index >= 15 is 0 Å². The van der Waals surface area contributed by atoms with Gasteiger partial charge in [0.2, 0.25) is 5.91 Å². The molecular weight excluding hydrogens is 364 g/mol. The maximum absolute atomic E-state index is 13.0. The van der Waals surface area contributed by atoms with E-state index in [2.05, 4.69) is 15.3 Å². The van der Waals surface area contributed by atoms with Crippen LogP contribution >= 0.6 is 0 Å². The zero-order valence-corrected chi connectivity index (χ0v) is 17.3. The summed E-state index contributed by atoms with van der Waals surface area (Å²) in [5, 5.41) is 7.60. The summed E-state index contributed by atoms with van der Waals surface area (Å²) >= 11 is 0. The van der Waals surface area contributed by atoms with Crippen molar-refractivity contribution in [2.75, 3.05) is 11.9 Å². The lowest BCUT2D eigenvalue weighted by Gasteiger charge is -2.34. The second-order valence-electron chi connectivity index (χ2n) is 7.87. The summed E-state index contributed by atoms with van der Waals surface area (Å²) in [7, 11) is 0. The van der Waals surface area contributed by atoms with Crippen LogP contribution in [0.3, 0.4) is 0 Å². The van der Waals surface area contributed by atoms with Crippen molar-refractivity contribution in [1.29, 1.82) is 0 Å². The molecule has 1 atom stereocenters. The minimum atomic E-state index is -0.134.